The molecule has 3 nitrogen and oxygen atoms in total. The van der Waals surface area contributed by atoms with Gasteiger partial charge in [0.15, 0.2) is 9.84 Å². The lowest BCUT2D eigenvalue weighted by Gasteiger charge is -2.26. The minimum Gasteiger partial charge on any atom is -0.384 e. The fraction of sp³-hybridized carbons (Fsp3) is 0.400. The van der Waals surface area contributed by atoms with Gasteiger partial charge in [-0.2, -0.15) is 0 Å². The van der Waals surface area contributed by atoms with Crippen LogP contribution in [-0.4, -0.2) is 22.4 Å². The van der Waals surface area contributed by atoms with Gasteiger partial charge < -0.3 is 5.11 Å². The zero-order valence-corrected chi connectivity index (χ0v) is 12.1. The second kappa shape index (κ2) is 5.22. The quantitative estimate of drug-likeness (QED) is 0.853. The largest absolute Gasteiger partial charge is 0.384 e. The minimum absolute atomic E-state index is 0.170. The molecule has 0 aliphatic carbocycles. The first-order chi connectivity index (χ1) is 7.74. The Hall–Kier alpha value is -0.170. The van der Waals surface area contributed by atoms with E-state index in [1.165, 1.54) is 25.1 Å². The van der Waals surface area contributed by atoms with Crippen LogP contribution in [0.3, 0.4) is 0 Å². The second-order valence-corrected chi connectivity index (χ2v) is 8.89. The Balaban J connectivity index is 3.23. The lowest BCUT2D eigenvalue weighted by Crippen LogP contribution is -2.34. The third-order valence-electron chi connectivity index (χ3n) is 2.31. The summed E-state index contributed by atoms with van der Waals surface area (Å²) in [5, 5.41) is 9.90. The Morgan fingerprint density at radius 3 is 2.53 bits per heavy atom. The van der Waals surface area contributed by atoms with Crippen molar-refractivity contribution >= 4 is 37.4 Å². The fourth-order valence-corrected chi connectivity index (χ4v) is 3.47. The van der Waals surface area contributed by atoms with Crippen molar-refractivity contribution in [1.29, 1.82) is 0 Å². The molecule has 0 aliphatic heterocycles. The molecule has 96 valence electrons. The van der Waals surface area contributed by atoms with E-state index < -0.39 is 24.9 Å². The first kappa shape index (κ1) is 14.9. The minimum atomic E-state index is -3.80. The molecule has 1 aromatic carbocycles. The van der Waals surface area contributed by atoms with Gasteiger partial charge in [-0.25, -0.2) is 12.8 Å². The second-order valence-electron chi connectivity index (χ2n) is 3.39. The van der Waals surface area contributed by atoms with Gasteiger partial charge in [-0.3, -0.25) is 0 Å². The molecule has 2 unspecified atom stereocenters. The molecule has 0 radical (unpaired) electrons. The summed E-state index contributed by atoms with van der Waals surface area (Å²) in [7, 11) is -3.80. The van der Waals surface area contributed by atoms with Crippen LogP contribution in [0.25, 0.3) is 0 Å². The third kappa shape index (κ3) is 2.81. The van der Waals surface area contributed by atoms with Gasteiger partial charge in [0.25, 0.3) is 0 Å². The molecule has 0 bridgehead atoms. The van der Waals surface area contributed by atoms with Crippen molar-refractivity contribution in [2.45, 2.75) is 16.1 Å². The summed E-state index contributed by atoms with van der Waals surface area (Å²) in [5.41, 5.74) is -0.170. The summed E-state index contributed by atoms with van der Waals surface area (Å²) < 4.78 is 34.7. The van der Waals surface area contributed by atoms with Gasteiger partial charge in [-0.15, -0.1) is 0 Å². The van der Waals surface area contributed by atoms with Crippen molar-refractivity contribution in [3.63, 3.8) is 0 Å². The maximum atomic E-state index is 13.4. The van der Waals surface area contributed by atoms with E-state index in [4.69, 9.17) is 11.6 Å². The van der Waals surface area contributed by atoms with Crippen LogP contribution in [0.4, 0.5) is 4.39 Å². The highest BCUT2D eigenvalue weighted by Gasteiger charge is 2.46. The normalized spacial score (nSPS) is 17.5. The predicted molar refractivity (Wildman–Crippen MR) is 68.3 cm³/mol. The molecule has 1 rings (SSSR count). The Morgan fingerprint density at radius 2 is 2.06 bits per heavy atom. The highest BCUT2D eigenvalue weighted by atomic mass is 79.9. The molecule has 17 heavy (non-hydrogen) atoms. The van der Waals surface area contributed by atoms with E-state index in [2.05, 4.69) is 15.9 Å². The summed E-state index contributed by atoms with van der Waals surface area (Å²) in [5.74, 6) is -0.983. The van der Waals surface area contributed by atoms with E-state index in [-0.39, 0.29) is 11.3 Å². The van der Waals surface area contributed by atoms with Gasteiger partial charge in [0, 0.05) is 5.56 Å². The summed E-state index contributed by atoms with van der Waals surface area (Å²) in [6, 6.07) is 5.32. The van der Waals surface area contributed by atoms with Crippen molar-refractivity contribution in [3.05, 3.63) is 35.6 Å². The highest BCUT2D eigenvalue weighted by Crippen LogP contribution is 2.43. The predicted octanol–water partition coefficient (Wildman–Crippen LogP) is 2.58. The Morgan fingerprint density at radius 1 is 1.53 bits per heavy atom. The van der Waals surface area contributed by atoms with Crippen LogP contribution >= 0.6 is 27.5 Å². The van der Waals surface area contributed by atoms with Gasteiger partial charge in [-0.1, -0.05) is 36.7 Å². The van der Waals surface area contributed by atoms with Crippen LogP contribution in [0, 0.1) is 5.82 Å². The van der Waals surface area contributed by atoms with E-state index >= 15 is 0 Å². The van der Waals surface area contributed by atoms with Crippen molar-refractivity contribution in [2.24, 2.45) is 0 Å². The van der Waals surface area contributed by atoms with Crippen LogP contribution in [0.1, 0.15) is 18.6 Å². The molecule has 0 saturated carbocycles. The van der Waals surface area contributed by atoms with Crippen molar-refractivity contribution in [1.82, 2.24) is 0 Å². The van der Waals surface area contributed by atoms with Crippen LogP contribution in [0.2, 0.25) is 0 Å². The van der Waals surface area contributed by atoms with E-state index in [0.717, 1.165) is 6.07 Å². The molecular formula is C10H11BrClFO3S. The molecule has 0 heterocycles. The topological polar surface area (TPSA) is 54.4 Å². The number of alkyl halides is 2. The summed E-state index contributed by atoms with van der Waals surface area (Å²) in [4.78, 5) is 0. The van der Waals surface area contributed by atoms with Crippen molar-refractivity contribution in [3.8, 4) is 0 Å². The maximum absolute atomic E-state index is 13.4. The van der Waals surface area contributed by atoms with Gasteiger partial charge >= 0.3 is 0 Å². The van der Waals surface area contributed by atoms with Crippen LogP contribution in [0.5, 0.6) is 0 Å². The van der Waals surface area contributed by atoms with Crippen LogP contribution in [-0.2, 0) is 9.84 Å². The number of aliphatic hydroxyl groups excluding tert-OH is 1. The number of sulfone groups is 1. The Kier molecular flexibility index (Phi) is 4.57. The van der Waals surface area contributed by atoms with Gasteiger partial charge in [0.05, 0.1) is 5.75 Å². The number of aliphatic hydroxyl groups is 1. The summed E-state index contributed by atoms with van der Waals surface area (Å²) in [6.07, 6.45) is -1.70. The van der Waals surface area contributed by atoms with E-state index in [1.807, 2.05) is 0 Å². The molecule has 0 amide bonds. The third-order valence-corrected chi connectivity index (χ3v) is 6.95. The molecule has 1 N–H and O–H groups in total. The lowest BCUT2D eigenvalue weighted by molar-refractivity contribution is 0.180. The molecule has 7 heteroatoms. The van der Waals surface area contributed by atoms with Gasteiger partial charge in [-0.05, 0) is 22.0 Å². The van der Waals surface area contributed by atoms with Crippen molar-refractivity contribution < 1.29 is 17.9 Å². The van der Waals surface area contributed by atoms with Crippen LogP contribution in [0.15, 0.2) is 24.3 Å². The molecule has 2 atom stereocenters. The molecule has 0 saturated heterocycles. The first-order valence-electron chi connectivity index (χ1n) is 4.76. The number of benzene rings is 1. The van der Waals surface area contributed by atoms with Crippen molar-refractivity contribution in [2.75, 3.05) is 5.75 Å². The molecule has 1 aromatic rings. The molecule has 0 aromatic heterocycles. The Bertz CT molecular complexity index is 504. The average molecular weight is 346 g/mol. The SMILES string of the molecule is CCS(=O)(=O)C(Cl)(Br)C(O)c1ccccc1F. The highest BCUT2D eigenvalue weighted by molar-refractivity contribution is 9.12. The average Bonchev–Trinajstić information content (AvgIpc) is 2.28. The summed E-state index contributed by atoms with van der Waals surface area (Å²) in [6.45, 7) is 1.39. The lowest BCUT2D eigenvalue weighted by atomic mass is 10.1. The number of hydrogen-bond donors (Lipinski definition) is 1. The standard InChI is InChI=1S/C10H11BrClFO3S/c1-2-17(15,16)10(11,12)9(14)7-5-3-4-6-8(7)13/h3-6,9,14H,2H2,1H3. The number of rotatable bonds is 4. The van der Waals surface area contributed by atoms with E-state index in [0.29, 0.717) is 0 Å². The summed E-state index contributed by atoms with van der Waals surface area (Å²) >= 11 is 8.56. The van der Waals surface area contributed by atoms with Crippen LogP contribution < -0.4 is 0 Å². The Labute approximate surface area is 113 Å². The monoisotopic (exact) mass is 344 g/mol. The smallest absolute Gasteiger partial charge is 0.229 e. The molecular weight excluding hydrogens is 335 g/mol. The van der Waals surface area contributed by atoms with E-state index in [9.17, 15) is 17.9 Å². The van der Waals surface area contributed by atoms with Gasteiger partial charge in [0.2, 0.25) is 3.12 Å². The maximum Gasteiger partial charge on any atom is 0.229 e. The zero-order valence-electron chi connectivity index (χ0n) is 8.90. The number of hydrogen-bond acceptors (Lipinski definition) is 3. The molecule has 0 spiro atoms. The van der Waals surface area contributed by atoms with E-state index in [1.54, 1.807) is 0 Å². The fourth-order valence-electron chi connectivity index (χ4n) is 1.24. The van der Waals surface area contributed by atoms with Gasteiger partial charge in [0.1, 0.15) is 11.9 Å². The number of halogens is 3. The molecule has 0 fully saturated rings. The molecule has 0 aliphatic rings. The first-order valence-corrected chi connectivity index (χ1v) is 7.59. The zero-order chi connectivity index (χ0) is 13.3.